The number of carbonyl (C=O) groups is 2. The lowest BCUT2D eigenvalue weighted by Crippen LogP contribution is -2.39. The van der Waals surface area contributed by atoms with E-state index in [-0.39, 0.29) is 11.8 Å². The number of rotatable bonds is 3. The highest BCUT2D eigenvalue weighted by Crippen LogP contribution is 2.12. The molecule has 5 nitrogen and oxygen atoms in total. The van der Waals surface area contributed by atoms with Crippen molar-refractivity contribution in [2.24, 2.45) is 0 Å². The first-order valence-electron chi connectivity index (χ1n) is 7.44. The largest absolute Gasteiger partial charge is 0.348 e. The summed E-state index contributed by atoms with van der Waals surface area (Å²) in [5.41, 5.74) is 0.740. The Labute approximate surface area is 145 Å². The third kappa shape index (κ3) is 4.67. The van der Waals surface area contributed by atoms with Crippen molar-refractivity contribution in [1.29, 1.82) is 0 Å². The van der Waals surface area contributed by atoms with Crippen LogP contribution in [0.4, 0.5) is 0 Å². The fourth-order valence-electron chi connectivity index (χ4n) is 2.47. The van der Waals surface area contributed by atoms with E-state index in [2.05, 4.69) is 27.5 Å². The summed E-state index contributed by atoms with van der Waals surface area (Å²) in [6.07, 6.45) is 0.899. The van der Waals surface area contributed by atoms with Crippen molar-refractivity contribution < 1.29 is 9.59 Å². The summed E-state index contributed by atoms with van der Waals surface area (Å²) in [5, 5.41) is 0. The van der Waals surface area contributed by atoms with Crippen molar-refractivity contribution in [3.63, 3.8) is 0 Å². The molecule has 0 aliphatic carbocycles. The standard InChI is InChI=1S/C16H22IN3O2/c1-18(2)15(21)12-19-7-4-8-20(10-9-19)16(22)13-5-3-6-14(17)11-13/h3,5-6,11H,4,7-10,12H2,1-2H3. The van der Waals surface area contributed by atoms with Crippen molar-refractivity contribution in [2.75, 3.05) is 46.8 Å². The van der Waals surface area contributed by atoms with Gasteiger partial charge in [-0.1, -0.05) is 6.07 Å². The lowest BCUT2D eigenvalue weighted by molar-refractivity contribution is -0.129. The molecule has 120 valence electrons. The normalized spacial score (nSPS) is 16.2. The van der Waals surface area contributed by atoms with E-state index in [0.717, 1.165) is 35.2 Å². The molecule has 0 spiro atoms. The predicted molar refractivity (Wildman–Crippen MR) is 94.8 cm³/mol. The highest BCUT2D eigenvalue weighted by Gasteiger charge is 2.21. The molecule has 1 aromatic carbocycles. The van der Waals surface area contributed by atoms with Gasteiger partial charge in [-0.25, -0.2) is 0 Å². The Morgan fingerprint density at radius 2 is 1.95 bits per heavy atom. The fourth-order valence-corrected chi connectivity index (χ4v) is 3.01. The summed E-state index contributed by atoms with van der Waals surface area (Å²) in [5.74, 6) is 0.191. The monoisotopic (exact) mass is 415 g/mol. The van der Waals surface area contributed by atoms with Gasteiger partial charge in [0.05, 0.1) is 6.54 Å². The molecule has 22 heavy (non-hydrogen) atoms. The Morgan fingerprint density at radius 1 is 1.18 bits per heavy atom. The molecule has 1 saturated heterocycles. The van der Waals surface area contributed by atoms with Gasteiger partial charge in [0.2, 0.25) is 5.91 Å². The van der Waals surface area contributed by atoms with Crippen LogP contribution in [0.2, 0.25) is 0 Å². The zero-order valence-corrected chi connectivity index (χ0v) is 15.2. The first-order valence-corrected chi connectivity index (χ1v) is 8.52. The summed E-state index contributed by atoms with van der Waals surface area (Å²) in [6, 6.07) is 7.67. The summed E-state index contributed by atoms with van der Waals surface area (Å²) < 4.78 is 1.07. The zero-order chi connectivity index (χ0) is 16.1. The molecule has 0 saturated carbocycles. The second kappa shape index (κ2) is 7.92. The molecule has 1 fully saturated rings. The number of amides is 2. The molecule has 2 rings (SSSR count). The molecule has 6 heteroatoms. The number of hydrogen-bond acceptors (Lipinski definition) is 3. The minimum atomic E-state index is 0.0827. The van der Waals surface area contributed by atoms with E-state index in [1.165, 1.54) is 0 Å². The summed E-state index contributed by atoms with van der Waals surface area (Å²) >= 11 is 2.22. The Hall–Kier alpha value is -1.15. The average molecular weight is 415 g/mol. The van der Waals surface area contributed by atoms with Gasteiger partial charge in [-0.2, -0.15) is 0 Å². The molecule has 1 aromatic rings. The lowest BCUT2D eigenvalue weighted by atomic mass is 10.2. The van der Waals surface area contributed by atoms with E-state index in [4.69, 9.17) is 0 Å². The van der Waals surface area contributed by atoms with E-state index in [9.17, 15) is 9.59 Å². The molecule has 1 aliphatic rings. The third-order valence-electron chi connectivity index (χ3n) is 3.80. The van der Waals surface area contributed by atoms with Gasteiger partial charge in [0.1, 0.15) is 0 Å². The maximum atomic E-state index is 12.6. The quantitative estimate of drug-likeness (QED) is 0.704. The number of halogens is 1. The molecule has 1 heterocycles. The van der Waals surface area contributed by atoms with Crippen LogP contribution in [0.15, 0.2) is 24.3 Å². The van der Waals surface area contributed by atoms with Crippen LogP contribution in [0.5, 0.6) is 0 Å². The molecule has 0 unspecified atom stereocenters. The van der Waals surface area contributed by atoms with Crippen LogP contribution in [-0.4, -0.2) is 73.3 Å². The van der Waals surface area contributed by atoms with E-state index in [1.54, 1.807) is 19.0 Å². The molecule has 2 amide bonds. The van der Waals surface area contributed by atoms with Gasteiger partial charge in [-0.05, 0) is 47.2 Å². The predicted octanol–water partition coefficient (Wildman–Crippen LogP) is 1.53. The van der Waals surface area contributed by atoms with Gasteiger partial charge >= 0.3 is 0 Å². The molecule has 0 N–H and O–H groups in total. The van der Waals surface area contributed by atoms with E-state index < -0.39 is 0 Å². The van der Waals surface area contributed by atoms with Crippen LogP contribution in [-0.2, 0) is 4.79 Å². The Balaban J connectivity index is 1.95. The zero-order valence-electron chi connectivity index (χ0n) is 13.1. The van der Waals surface area contributed by atoms with Crippen molar-refractivity contribution >= 4 is 34.4 Å². The van der Waals surface area contributed by atoms with Crippen molar-refractivity contribution in [3.8, 4) is 0 Å². The SMILES string of the molecule is CN(C)C(=O)CN1CCCN(C(=O)c2cccc(I)c2)CC1. The van der Waals surface area contributed by atoms with Crippen molar-refractivity contribution in [2.45, 2.75) is 6.42 Å². The molecule has 0 atom stereocenters. The Bertz CT molecular complexity index is 548. The maximum absolute atomic E-state index is 12.6. The Morgan fingerprint density at radius 3 is 2.64 bits per heavy atom. The second-order valence-electron chi connectivity index (χ2n) is 5.72. The van der Waals surface area contributed by atoms with E-state index in [0.29, 0.717) is 13.1 Å². The molecule has 0 radical (unpaired) electrons. The molecular weight excluding hydrogens is 393 g/mol. The topological polar surface area (TPSA) is 43.9 Å². The number of likely N-dealkylation sites (N-methyl/N-ethyl adjacent to an activating group) is 1. The summed E-state index contributed by atoms with van der Waals surface area (Å²) in [7, 11) is 3.54. The van der Waals surface area contributed by atoms with Gasteiger partial charge in [-0.15, -0.1) is 0 Å². The smallest absolute Gasteiger partial charge is 0.253 e. The number of benzene rings is 1. The van der Waals surface area contributed by atoms with Crippen LogP contribution in [0.3, 0.4) is 0 Å². The highest BCUT2D eigenvalue weighted by molar-refractivity contribution is 14.1. The van der Waals surface area contributed by atoms with Crippen molar-refractivity contribution in [1.82, 2.24) is 14.7 Å². The summed E-state index contributed by atoms with van der Waals surface area (Å²) in [4.78, 5) is 30.0. The number of nitrogens with zero attached hydrogens (tertiary/aromatic N) is 3. The van der Waals surface area contributed by atoms with E-state index >= 15 is 0 Å². The van der Waals surface area contributed by atoms with Gasteiger partial charge in [0.25, 0.3) is 5.91 Å². The second-order valence-corrected chi connectivity index (χ2v) is 6.97. The molecule has 1 aliphatic heterocycles. The van der Waals surface area contributed by atoms with Gasteiger partial charge in [-0.3, -0.25) is 14.5 Å². The molecular formula is C16H22IN3O2. The first kappa shape index (κ1) is 17.2. The first-order chi connectivity index (χ1) is 10.5. The lowest BCUT2D eigenvalue weighted by Gasteiger charge is -2.23. The minimum absolute atomic E-state index is 0.0827. The maximum Gasteiger partial charge on any atom is 0.253 e. The fraction of sp³-hybridized carbons (Fsp3) is 0.500. The molecule has 0 bridgehead atoms. The van der Waals surface area contributed by atoms with Gasteiger partial charge < -0.3 is 9.80 Å². The van der Waals surface area contributed by atoms with E-state index in [1.807, 2.05) is 29.2 Å². The van der Waals surface area contributed by atoms with Crippen LogP contribution in [0.25, 0.3) is 0 Å². The van der Waals surface area contributed by atoms with Crippen LogP contribution in [0, 0.1) is 3.57 Å². The van der Waals surface area contributed by atoms with Crippen LogP contribution in [0.1, 0.15) is 16.8 Å². The van der Waals surface area contributed by atoms with Crippen LogP contribution < -0.4 is 0 Å². The van der Waals surface area contributed by atoms with Crippen LogP contribution >= 0.6 is 22.6 Å². The van der Waals surface area contributed by atoms with Gasteiger partial charge in [0, 0.05) is 49.4 Å². The van der Waals surface area contributed by atoms with Crippen molar-refractivity contribution in [3.05, 3.63) is 33.4 Å². The number of hydrogen-bond donors (Lipinski definition) is 0. The summed E-state index contributed by atoms with van der Waals surface area (Å²) in [6.45, 7) is 3.45. The third-order valence-corrected chi connectivity index (χ3v) is 4.48. The highest BCUT2D eigenvalue weighted by atomic mass is 127. The Kier molecular flexibility index (Phi) is 6.19. The number of carbonyl (C=O) groups excluding carboxylic acids is 2. The van der Waals surface area contributed by atoms with Gasteiger partial charge in [0.15, 0.2) is 0 Å². The average Bonchev–Trinajstić information content (AvgIpc) is 2.72. The molecule has 0 aromatic heterocycles. The minimum Gasteiger partial charge on any atom is -0.348 e.